The van der Waals surface area contributed by atoms with Crippen LogP contribution in [0.5, 0.6) is 5.75 Å². The van der Waals surface area contributed by atoms with Crippen molar-refractivity contribution >= 4 is 11.8 Å². The Balaban J connectivity index is 1.68. The Hall–Kier alpha value is -3.24. The van der Waals surface area contributed by atoms with Crippen LogP contribution in [0, 0.1) is 0 Å². The average molecular weight is 457 g/mol. The molecule has 3 rings (SSSR count). The number of hydrogen-bond acceptors (Lipinski definition) is 7. The van der Waals surface area contributed by atoms with Gasteiger partial charge < -0.3 is 20.1 Å². The van der Waals surface area contributed by atoms with Gasteiger partial charge in [-0.1, -0.05) is 11.3 Å². The van der Waals surface area contributed by atoms with Crippen LogP contribution < -0.4 is 15.4 Å². The second-order valence-electron chi connectivity index (χ2n) is 7.58. The third-order valence-corrected chi connectivity index (χ3v) is 5.16. The van der Waals surface area contributed by atoms with Crippen LogP contribution in [0.1, 0.15) is 40.6 Å². The second kappa shape index (κ2) is 12.7. The molecular formula is C23H32N6O4. The molecule has 0 bridgehead atoms. The summed E-state index contributed by atoms with van der Waals surface area (Å²) in [6.07, 6.45) is 5.00. The fourth-order valence-electron chi connectivity index (χ4n) is 3.36. The van der Waals surface area contributed by atoms with Crippen molar-refractivity contribution in [3.63, 3.8) is 0 Å². The lowest BCUT2D eigenvalue weighted by Crippen LogP contribution is -2.41. The van der Waals surface area contributed by atoms with E-state index in [0.717, 1.165) is 45.7 Å². The van der Waals surface area contributed by atoms with Crippen molar-refractivity contribution in [2.45, 2.75) is 19.8 Å². The number of aromatic nitrogens is 3. The van der Waals surface area contributed by atoms with Crippen molar-refractivity contribution in [2.24, 2.45) is 0 Å². The molecule has 1 aromatic carbocycles. The number of hydrogen-bond donors (Lipinski definition) is 2. The van der Waals surface area contributed by atoms with Crippen LogP contribution in [-0.2, 0) is 4.74 Å². The predicted octanol–water partition coefficient (Wildman–Crippen LogP) is 1.42. The van der Waals surface area contributed by atoms with Gasteiger partial charge in [-0.15, -0.1) is 11.7 Å². The van der Waals surface area contributed by atoms with Crippen LogP contribution >= 0.6 is 0 Å². The van der Waals surface area contributed by atoms with Gasteiger partial charge in [-0.05, 0) is 38.0 Å². The zero-order valence-corrected chi connectivity index (χ0v) is 19.1. The Labute approximate surface area is 193 Å². The van der Waals surface area contributed by atoms with Crippen LogP contribution in [-0.4, -0.2) is 84.3 Å². The highest BCUT2D eigenvalue weighted by Crippen LogP contribution is 2.25. The number of nitrogens with one attached hydrogen (secondary N) is 2. The summed E-state index contributed by atoms with van der Waals surface area (Å²) in [6.45, 7) is 11.0. The number of unbranched alkanes of at least 4 members (excludes halogenated alkanes) is 1. The normalized spacial score (nSPS) is 14.0. The molecule has 2 N–H and O–H groups in total. The quantitative estimate of drug-likeness (QED) is 0.367. The molecule has 0 atom stereocenters. The Morgan fingerprint density at radius 1 is 1.24 bits per heavy atom. The molecule has 2 heterocycles. The first-order valence-electron chi connectivity index (χ1n) is 11.3. The van der Waals surface area contributed by atoms with E-state index in [-0.39, 0.29) is 17.5 Å². The third-order valence-electron chi connectivity index (χ3n) is 5.16. The molecule has 10 heteroatoms. The van der Waals surface area contributed by atoms with Crippen molar-refractivity contribution in [3.05, 3.63) is 48.3 Å². The number of morpholine rings is 1. The maximum absolute atomic E-state index is 12.5. The van der Waals surface area contributed by atoms with Gasteiger partial charge in [0.15, 0.2) is 5.69 Å². The number of benzene rings is 1. The Morgan fingerprint density at radius 2 is 2.06 bits per heavy atom. The lowest BCUT2D eigenvalue weighted by atomic mass is 10.1. The zero-order chi connectivity index (χ0) is 23.5. The standard InChI is InChI=1S/C23H32N6O4/c1-3-5-6-13-33-21-16-18(22(30)24-4-2)7-8-20(21)29-17-19(26-27-29)23(31)25-9-10-28-11-14-32-15-12-28/h3,7-8,16-17H,1,4-6,9-15H2,2H3,(H,24,30)(H,25,31). The fraction of sp³-hybridized carbons (Fsp3) is 0.478. The van der Waals surface area contributed by atoms with Gasteiger partial charge in [0.05, 0.1) is 26.0 Å². The van der Waals surface area contributed by atoms with Crippen molar-refractivity contribution in [1.29, 1.82) is 0 Å². The minimum Gasteiger partial charge on any atom is -0.491 e. The SMILES string of the molecule is C=CCCCOc1cc(C(=O)NCC)ccc1-n1cc(C(=O)NCCN2CCOCC2)nn1. The number of ether oxygens (including phenoxy) is 2. The highest BCUT2D eigenvalue weighted by molar-refractivity contribution is 5.95. The first kappa shape index (κ1) is 24.4. The van der Waals surface area contributed by atoms with Gasteiger partial charge in [0.1, 0.15) is 11.4 Å². The molecule has 1 fully saturated rings. The molecule has 1 saturated heterocycles. The molecule has 1 aromatic heterocycles. The van der Waals surface area contributed by atoms with Crippen molar-refractivity contribution < 1.29 is 19.1 Å². The maximum Gasteiger partial charge on any atom is 0.273 e. The number of rotatable bonds is 12. The molecule has 0 saturated carbocycles. The minimum absolute atomic E-state index is 0.182. The van der Waals surface area contributed by atoms with E-state index in [9.17, 15) is 9.59 Å². The molecular weight excluding hydrogens is 424 g/mol. The molecule has 0 aliphatic carbocycles. The topological polar surface area (TPSA) is 111 Å². The molecule has 1 aliphatic rings. The van der Waals surface area contributed by atoms with E-state index in [1.807, 2.05) is 13.0 Å². The summed E-state index contributed by atoms with van der Waals surface area (Å²) in [7, 11) is 0. The lowest BCUT2D eigenvalue weighted by Gasteiger charge is -2.26. The summed E-state index contributed by atoms with van der Waals surface area (Å²) < 4.78 is 12.8. The molecule has 33 heavy (non-hydrogen) atoms. The first-order valence-corrected chi connectivity index (χ1v) is 11.3. The molecule has 2 amide bonds. The molecule has 2 aromatic rings. The molecule has 1 aliphatic heterocycles. The van der Waals surface area contributed by atoms with E-state index in [0.29, 0.717) is 36.7 Å². The monoisotopic (exact) mass is 456 g/mol. The predicted molar refractivity (Wildman–Crippen MR) is 124 cm³/mol. The van der Waals surface area contributed by atoms with Gasteiger partial charge in [-0.3, -0.25) is 14.5 Å². The van der Waals surface area contributed by atoms with Gasteiger partial charge in [0, 0.05) is 38.3 Å². The second-order valence-corrected chi connectivity index (χ2v) is 7.58. The molecule has 0 spiro atoms. The molecule has 178 valence electrons. The van der Waals surface area contributed by atoms with Crippen LogP contribution in [0.3, 0.4) is 0 Å². The van der Waals surface area contributed by atoms with E-state index in [4.69, 9.17) is 9.47 Å². The summed E-state index contributed by atoms with van der Waals surface area (Å²) in [5.74, 6) is 0.0211. The highest BCUT2D eigenvalue weighted by atomic mass is 16.5. The fourth-order valence-corrected chi connectivity index (χ4v) is 3.36. The number of amides is 2. The van der Waals surface area contributed by atoms with Gasteiger partial charge in [-0.2, -0.15) is 0 Å². The molecule has 10 nitrogen and oxygen atoms in total. The van der Waals surface area contributed by atoms with E-state index >= 15 is 0 Å². The number of carbonyl (C=O) groups is 2. The smallest absolute Gasteiger partial charge is 0.273 e. The Bertz CT molecular complexity index is 939. The van der Waals surface area contributed by atoms with Crippen molar-refractivity contribution in [3.8, 4) is 11.4 Å². The number of carbonyl (C=O) groups excluding carboxylic acids is 2. The van der Waals surface area contributed by atoms with E-state index in [1.54, 1.807) is 24.4 Å². The van der Waals surface area contributed by atoms with Gasteiger partial charge >= 0.3 is 0 Å². The van der Waals surface area contributed by atoms with Gasteiger partial charge in [0.2, 0.25) is 0 Å². The Kier molecular flexibility index (Phi) is 9.40. The molecule has 0 unspecified atom stereocenters. The minimum atomic E-state index is -0.290. The summed E-state index contributed by atoms with van der Waals surface area (Å²) in [6, 6.07) is 5.11. The van der Waals surface area contributed by atoms with Crippen LogP contribution in [0.4, 0.5) is 0 Å². The summed E-state index contributed by atoms with van der Waals surface area (Å²) in [5.41, 5.74) is 1.30. The summed E-state index contributed by atoms with van der Waals surface area (Å²) in [5, 5.41) is 13.8. The lowest BCUT2D eigenvalue weighted by molar-refractivity contribution is 0.0383. The zero-order valence-electron chi connectivity index (χ0n) is 19.1. The summed E-state index contributed by atoms with van der Waals surface area (Å²) >= 11 is 0. The van der Waals surface area contributed by atoms with E-state index in [1.165, 1.54) is 4.68 Å². The van der Waals surface area contributed by atoms with Crippen molar-refractivity contribution in [1.82, 2.24) is 30.5 Å². The largest absolute Gasteiger partial charge is 0.491 e. The third kappa shape index (κ3) is 7.13. The van der Waals surface area contributed by atoms with Gasteiger partial charge in [0.25, 0.3) is 11.8 Å². The summed E-state index contributed by atoms with van der Waals surface area (Å²) in [4.78, 5) is 27.0. The maximum atomic E-state index is 12.5. The highest BCUT2D eigenvalue weighted by Gasteiger charge is 2.17. The average Bonchev–Trinajstić information content (AvgIpc) is 3.33. The van der Waals surface area contributed by atoms with Crippen LogP contribution in [0.15, 0.2) is 37.1 Å². The number of allylic oxidation sites excluding steroid dienone is 1. The van der Waals surface area contributed by atoms with Gasteiger partial charge in [-0.25, -0.2) is 4.68 Å². The first-order chi connectivity index (χ1) is 16.1. The van der Waals surface area contributed by atoms with Crippen molar-refractivity contribution in [2.75, 3.05) is 52.5 Å². The number of nitrogens with zero attached hydrogens (tertiary/aromatic N) is 4. The van der Waals surface area contributed by atoms with E-state index < -0.39 is 0 Å². The Morgan fingerprint density at radius 3 is 2.82 bits per heavy atom. The van der Waals surface area contributed by atoms with E-state index in [2.05, 4.69) is 32.4 Å². The van der Waals surface area contributed by atoms with Crippen LogP contribution in [0.2, 0.25) is 0 Å². The van der Waals surface area contributed by atoms with Crippen LogP contribution in [0.25, 0.3) is 5.69 Å². The molecule has 0 radical (unpaired) electrons.